The highest BCUT2D eigenvalue weighted by Crippen LogP contribution is 2.48. The molecule has 2 amide bonds. The Balaban J connectivity index is 0.869. The maximum atomic E-state index is 13.4. The van der Waals surface area contributed by atoms with E-state index in [1.807, 2.05) is 19.9 Å². The normalized spacial score (nSPS) is 21.3. The maximum absolute atomic E-state index is 13.4. The third-order valence-corrected chi connectivity index (χ3v) is 13.0. The average molecular weight is 751 g/mol. The van der Waals surface area contributed by atoms with Crippen LogP contribution in [-0.2, 0) is 15.0 Å². The van der Waals surface area contributed by atoms with Crippen LogP contribution in [0, 0.1) is 38.0 Å². The van der Waals surface area contributed by atoms with Gasteiger partial charge in [-0.05, 0) is 125 Å². The summed E-state index contributed by atoms with van der Waals surface area (Å²) in [5.74, 6) is -0.0932. The minimum Gasteiger partial charge on any atom is -0.368 e. The number of amides is 2. The molecule has 286 valence electrons. The molecule has 4 heterocycles. The number of rotatable bonds is 9. The number of hydrogen-bond donors (Lipinski definition) is 0. The van der Waals surface area contributed by atoms with Crippen LogP contribution in [0.5, 0.6) is 0 Å². The molecule has 3 aliphatic heterocycles. The number of ketones is 2. The van der Waals surface area contributed by atoms with E-state index in [9.17, 15) is 24.4 Å². The lowest BCUT2D eigenvalue weighted by molar-refractivity contribution is -0.132. The lowest BCUT2D eigenvalue weighted by atomic mass is 9.92. The number of carbonyl (C=O) groups excluding carboxylic acids is 4. The standard InChI is InChI=1S/C45H46N6O5/c1-27-4-5-31(42-28(2)47-56-29(42)3)20-40(27)50(33-8-6-32(7-9-33)45(26-46)16-17-45)23-30-14-18-48(19-15-30)35-24-49(25-35)34-10-12-37-38(21-34)44(55)51(43(37)54)39-13-11-36(52)22-41(39)53/h4-10,12,20-21,30,35,39H,11,13-19,22-25H2,1-3H3. The zero-order chi connectivity index (χ0) is 38.9. The van der Waals surface area contributed by atoms with Crippen LogP contribution >= 0.6 is 0 Å². The predicted octanol–water partition coefficient (Wildman–Crippen LogP) is 6.85. The van der Waals surface area contributed by atoms with E-state index >= 15 is 0 Å². The zero-order valence-corrected chi connectivity index (χ0v) is 32.2. The summed E-state index contributed by atoms with van der Waals surface area (Å²) >= 11 is 0. The summed E-state index contributed by atoms with van der Waals surface area (Å²) in [7, 11) is 0. The number of imide groups is 1. The van der Waals surface area contributed by atoms with Crippen molar-refractivity contribution in [2.24, 2.45) is 5.92 Å². The first-order chi connectivity index (χ1) is 27.0. The van der Waals surface area contributed by atoms with E-state index in [4.69, 9.17) is 4.52 Å². The number of hydrogen-bond acceptors (Lipinski definition) is 10. The van der Waals surface area contributed by atoms with Crippen LogP contribution in [0.3, 0.4) is 0 Å². The summed E-state index contributed by atoms with van der Waals surface area (Å²) in [6.45, 7) is 10.7. The van der Waals surface area contributed by atoms with E-state index in [1.165, 1.54) is 5.56 Å². The van der Waals surface area contributed by atoms with Crippen molar-refractivity contribution < 1.29 is 23.7 Å². The second-order valence-corrected chi connectivity index (χ2v) is 16.5. The molecule has 2 saturated carbocycles. The van der Waals surface area contributed by atoms with Crippen molar-refractivity contribution in [3.63, 3.8) is 0 Å². The molecular weight excluding hydrogens is 705 g/mol. The summed E-state index contributed by atoms with van der Waals surface area (Å²) in [5, 5.41) is 14.0. The van der Waals surface area contributed by atoms with Gasteiger partial charge in [-0.2, -0.15) is 5.26 Å². The molecule has 11 nitrogen and oxygen atoms in total. The van der Waals surface area contributed by atoms with Crippen molar-refractivity contribution in [1.82, 2.24) is 15.0 Å². The molecule has 1 aromatic heterocycles. The van der Waals surface area contributed by atoms with Crippen molar-refractivity contribution in [1.29, 1.82) is 5.26 Å². The number of aryl methyl sites for hydroxylation is 3. The van der Waals surface area contributed by atoms with Crippen molar-refractivity contribution in [2.45, 2.75) is 83.2 Å². The third kappa shape index (κ3) is 6.20. The Morgan fingerprint density at radius 1 is 0.893 bits per heavy atom. The lowest BCUT2D eigenvalue weighted by Crippen LogP contribution is -2.61. The molecule has 0 radical (unpaired) electrons. The van der Waals surface area contributed by atoms with Gasteiger partial charge in [0.25, 0.3) is 11.8 Å². The summed E-state index contributed by atoms with van der Waals surface area (Å²) in [6, 6.07) is 22.7. The average Bonchev–Trinajstić information content (AvgIpc) is 3.86. The number of nitrogens with zero attached hydrogens (tertiary/aromatic N) is 6. The monoisotopic (exact) mass is 750 g/mol. The second kappa shape index (κ2) is 13.9. The molecule has 1 atom stereocenters. The molecule has 5 aliphatic rings. The number of nitriles is 1. The highest BCUT2D eigenvalue weighted by molar-refractivity contribution is 6.24. The number of aromatic nitrogens is 1. The van der Waals surface area contributed by atoms with Crippen LogP contribution in [0.4, 0.5) is 17.1 Å². The van der Waals surface area contributed by atoms with Gasteiger partial charge in [-0.15, -0.1) is 0 Å². The number of benzene rings is 3. The molecule has 56 heavy (non-hydrogen) atoms. The van der Waals surface area contributed by atoms with E-state index in [1.54, 1.807) is 12.1 Å². The Hall–Kier alpha value is -5.60. The zero-order valence-electron chi connectivity index (χ0n) is 32.2. The molecule has 9 rings (SSSR count). The fourth-order valence-electron chi connectivity index (χ4n) is 9.36. The largest absolute Gasteiger partial charge is 0.368 e. The summed E-state index contributed by atoms with van der Waals surface area (Å²) < 4.78 is 5.54. The van der Waals surface area contributed by atoms with Crippen molar-refractivity contribution in [2.75, 3.05) is 42.5 Å². The Kier molecular flexibility index (Phi) is 8.92. The highest BCUT2D eigenvalue weighted by atomic mass is 16.5. The van der Waals surface area contributed by atoms with Gasteiger partial charge in [-0.1, -0.05) is 29.4 Å². The van der Waals surface area contributed by atoms with Gasteiger partial charge in [0, 0.05) is 54.7 Å². The molecule has 1 unspecified atom stereocenters. The van der Waals surface area contributed by atoms with Gasteiger partial charge >= 0.3 is 0 Å². The number of Topliss-reactive ketones (excluding diaryl/α,β-unsaturated/α-hetero) is 2. The van der Waals surface area contributed by atoms with E-state index in [0.717, 1.165) is 109 Å². The minimum atomic E-state index is -0.862. The smallest absolute Gasteiger partial charge is 0.262 e. The molecule has 4 aromatic rings. The van der Waals surface area contributed by atoms with Crippen molar-refractivity contribution in [3.8, 4) is 17.2 Å². The molecular formula is C45H46N6O5. The summed E-state index contributed by atoms with van der Waals surface area (Å²) in [6.07, 6.45) is 4.17. The number of carbonyl (C=O) groups is 4. The molecule has 2 saturated heterocycles. The molecule has 4 fully saturated rings. The fraction of sp³-hybridized carbons (Fsp3) is 0.422. The van der Waals surface area contributed by atoms with Gasteiger partial charge in [-0.25, -0.2) is 0 Å². The van der Waals surface area contributed by atoms with Gasteiger partial charge in [0.2, 0.25) is 0 Å². The Morgan fingerprint density at radius 2 is 1.62 bits per heavy atom. The topological polar surface area (TPSA) is 131 Å². The van der Waals surface area contributed by atoms with Gasteiger partial charge in [0.05, 0.1) is 40.8 Å². The van der Waals surface area contributed by atoms with Crippen LogP contribution in [0.1, 0.15) is 88.2 Å². The summed E-state index contributed by atoms with van der Waals surface area (Å²) in [5.41, 5.74) is 8.81. The molecule has 2 aliphatic carbocycles. The van der Waals surface area contributed by atoms with Crippen LogP contribution in [0.25, 0.3) is 11.1 Å². The van der Waals surface area contributed by atoms with Crippen LogP contribution in [0.15, 0.2) is 65.2 Å². The SMILES string of the molecule is Cc1ccc(-c2c(C)noc2C)cc1N(CC1CCN(C2CN(c3ccc4c(c3)C(=O)N(C3CCC(=O)CC3=O)C4=O)C2)CC1)c1ccc(C2(C#N)CC2)cc1. The number of piperidine rings is 1. The molecule has 11 heteroatoms. The van der Waals surface area contributed by atoms with Gasteiger partial charge in [-0.3, -0.25) is 29.0 Å². The second-order valence-electron chi connectivity index (χ2n) is 16.5. The molecule has 0 N–H and O–H groups in total. The lowest BCUT2D eigenvalue weighted by Gasteiger charge is -2.49. The van der Waals surface area contributed by atoms with Crippen LogP contribution in [0.2, 0.25) is 0 Å². The Morgan fingerprint density at radius 3 is 2.29 bits per heavy atom. The van der Waals surface area contributed by atoms with Crippen LogP contribution < -0.4 is 9.80 Å². The van der Waals surface area contributed by atoms with Gasteiger partial charge in [0.15, 0.2) is 5.78 Å². The minimum absolute atomic E-state index is 0.139. The number of likely N-dealkylation sites (tertiary alicyclic amines) is 1. The van der Waals surface area contributed by atoms with Crippen molar-refractivity contribution >= 4 is 40.4 Å². The first kappa shape index (κ1) is 36.1. The first-order valence-electron chi connectivity index (χ1n) is 19.9. The Labute approximate surface area is 326 Å². The van der Waals surface area contributed by atoms with E-state index in [-0.39, 0.29) is 36.2 Å². The fourth-order valence-corrected chi connectivity index (χ4v) is 9.36. The third-order valence-electron chi connectivity index (χ3n) is 13.0. The molecule has 0 spiro atoms. The number of fused-ring (bicyclic) bond motifs is 1. The van der Waals surface area contributed by atoms with E-state index < -0.39 is 17.9 Å². The first-order valence-corrected chi connectivity index (χ1v) is 19.9. The highest BCUT2D eigenvalue weighted by Gasteiger charge is 2.46. The molecule has 0 bridgehead atoms. The van der Waals surface area contributed by atoms with Gasteiger partial charge < -0.3 is 14.3 Å². The predicted molar refractivity (Wildman–Crippen MR) is 211 cm³/mol. The number of anilines is 3. The molecule has 3 aromatic carbocycles. The van der Waals surface area contributed by atoms with Crippen molar-refractivity contribution in [3.05, 3.63) is 94.4 Å². The Bertz CT molecular complexity index is 2290. The van der Waals surface area contributed by atoms with Crippen LogP contribution in [-0.4, -0.2) is 83.1 Å². The van der Waals surface area contributed by atoms with E-state index in [0.29, 0.717) is 23.1 Å². The summed E-state index contributed by atoms with van der Waals surface area (Å²) in [4.78, 5) is 59.4. The van der Waals surface area contributed by atoms with Gasteiger partial charge in [0.1, 0.15) is 11.5 Å². The maximum Gasteiger partial charge on any atom is 0.262 e. The van der Waals surface area contributed by atoms with E-state index in [2.05, 4.69) is 75.3 Å². The quantitative estimate of drug-likeness (QED) is 0.132.